The number of hydrogen-bond acceptors (Lipinski definition) is 3. The summed E-state index contributed by atoms with van der Waals surface area (Å²) in [4.78, 5) is 25.9. The first-order valence-electron chi connectivity index (χ1n) is 8.11. The van der Waals surface area contributed by atoms with E-state index in [-0.39, 0.29) is 35.1 Å². The number of alkyl halides is 3. The average molecular weight is 358 g/mol. The third-order valence-electron chi connectivity index (χ3n) is 3.91. The number of nitrogens with one attached hydrogen (secondary N) is 1. The van der Waals surface area contributed by atoms with E-state index in [9.17, 15) is 22.8 Å². The lowest BCUT2D eigenvalue weighted by Crippen LogP contribution is -2.50. The summed E-state index contributed by atoms with van der Waals surface area (Å²) < 4.78 is 40.3. The van der Waals surface area contributed by atoms with Crippen LogP contribution in [0.15, 0.2) is 24.3 Å². The molecule has 1 atom stereocenters. The van der Waals surface area contributed by atoms with Crippen LogP contribution in [-0.2, 0) is 4.79 Å². The second-order valence-electron chi connectivity index (χ2n) is 6.33. The fourth-order valence-corrected chi connectivity index (χ4v) is 2.63. The van der Waals surface area contributed by atoms with Crippen molar-refractivity contribution < 1.29 is 27.5 Å². The van der Waals surface area contributed by atoms with Crippen LogP contribution < -0.4 is 10.1 Å². The number of nitrogens with zero attached hydrogens (tertiary/aromatic N) is 1. The second-order valence-corrected chi connectivity index (χ2v) is 6.33. The van der Waals surface area contributed by atoms with Crippen LogP contribution in [0.2, 0.25) is 0 Å². The van der Waals surface area contributed by atoms with Gasteiger partial charge in [0.15, 0.2) is 0 Å². The number of halogens is 3. The number of carbonyl (C=O) groups is 2. The van der Waals surface area contributed by atoms with Crippen LogP contribution in [0.5, 0.6) is 5.75 Å². The predicted octanol–water partition coefficient (Wildman–Crippen LogP) is 2.96. The molecule has 1 N–H and O–H groups in total. The number of rotatable bonds is 4. The topological polar surface area (TPSA) is 58.6 Å². The Balaban J connectivity index is 1.98. The van der Waals surface area contributed by atoms with E-state index < -0.39 is 6.36 Å². The minimum Gasteiger partial charge on any atom is -0.406 e. The van der Waals surface area contributed by atoms with Crippen molar-refractivity contribution >= 4 is 11.8 Å². The van der Waals surface area contributed by atoms with Crippen molar-refractivity contribution in [3.8, 4) is 5.75 Å². The molecule has 8 heteroatoms. The molecule has 1 aromatic rings. The summed E-state index contributed by atoms with van der Waals surface area (Å²) in [6, 6.07) is 4.73. The number of likely N-dealkylation sites (tertiary alicyclic amines) is 1. The van der Waals surface area contributed by atoms with Gasteiger partial charge in [0.25, 0.3) is 5.91 Å². The Hall–Kier alpha value is -2.25. The van der Waals surface area contributed by atoms with Crippen LogP contribution in [0.1, 0.15) is 37.0 Å². The van der Waals surface area contributed by atoms with Gasteiger partial charge in [-0.2, -0.15) is 0 Å². The van der Waals surface area contributed by atoms with Gasteiger partial charge in [0.1, 0.15) is 5.75 Å². The summed E-state index contributed by atoms with van der Waals surface area (Å²) in [7, 11) is 0. The van der Waals surface area contributed by atoms with E-state index in [4.69, 9.17) is 0 Å². The molecule has 5 nitrogen and oxygen atoms in total. The van der Waals surface area contributed by atoms with E-state index in [1.807, 2.05) is 0 Å². The largest absolute Gasteiger partial charge is 0.573 e. The molecule has 1 aromatic carbocycles. The fourth-order valence-electron chi connectivity index (χ4n) is 2.63. The zero-order valence-electron chi connectivity index (χ0n) is 14.1. The molecule has 25 heavy (non-hydrogen) atoms. The summed E-state index contributed by atoms with van der Waals surface area (Å²) in [6.45, 7) is 4.53. The minimum absolute atomic E-state index is 0.0621. The normalized spacial score (nSPS) is 18.2. The van der Waals surface area contributed by atoms with Gasteiger partial charge in [0.2, 0.25) is 5.91 Å². The standard InChI is InChI=1S/C17H21F3N2O3/c1-11(2)15(23)21-13-4-3-9-22(10-13)16(24)12-5-7-14(8-6-12)25-17(18,19)20/h5-8,11,13H,3-4,9-10H2,1-2H3,(H,21,23). The average Bonchev–Trinajstić information content (AvgIpc) is 2.53. The quantitative estimate of drug-likeness (QED) is 0.900. The number of ether oxygens (including phenoxy) is 1. The van der Waals surface area contributed by atoms with Gasteiger partial charge < -0.3 is 15.0 Å². The lowest BCUT2D eigenvalue weighted by molar-refractivity contribution is -0.274. The number of amides is 2. The highest BCUT2D eigenvalue weighted by Gasteiger charge is 2.31. The summed E-state index contributed by atoms with van der Waals surface area (Å²) >= 11 is 0. The lowest BCUT2D eigenvalue weighted by Gasteiger charge is -2.33. The van der Waals surface area contributed by atoms with E-state index in [0.717, 1.165) is 25.0 Å². The number of benzene rings is 1. The van der Waals surface area contributed by atoms with E-state index >= 15 is 0 Å². The van der Waals surface area contributed by atoms with Gasteiger partial charge in [-0.05, 0) is 37.1 Å². The molecule has 2 amide bonds. The van der Waals surface area contributed by atoms with E-state index in [2.05, 4.69) is 10.1 Å². The maximum atomic E-state index is 12.5. The lowest BCUT2D eigenvalue weighted by atomic mass is 10.0. The van der Waals surface area contributed by atoms with Crippen LogP contribution >= 0.6 is 0 Å². The Morgan fingerprint density at radius 2 is 1.88 bits per heavy atom. The van der Waals surface area contributed by atoms with Gasteiger partial charge in [-0.15, -0.1) is 13.2 Å². The summed E-state index contributed by atoms with van der Waals surface area (Å²) in [6.07, 6.45) is -3.22. The van der Waals surface area contributed by atoms with Crippen molar-refractivity contribution in [3.63, 3.8) is 0 Å². The molecule has 0 saturated carbocycles. The first kappa shape index (κ1) is 19.1. The first-order valence-corrected chi connectivity index (χ1v) is 8.11. The molecule has 1 saturated heterocycles. The maximum absolute atomic E-state index is 12.5. The van der Waals surface area contributed by atoms with Crippen LogP contribution in [-0.4, -0.2) is 42.2 Å². The van der Waals surface area contributed by atoms with Gasteiger partial charge >= 0.3 is 6.36 Å². The highest BCUT2D eigenvalue weighted by molar-refractivity contribution is 5.94. The van der Waals surface area contributed by atoms with Gasteiger partial charge in [0.05, 0.1) is 0 Å². The van der Waals surface area contributed by atoms with Gasteiger partial charge in [0, 0.05) is 30.6 Å². The molecular formula is C17H21F3N2O3. The van der Waals surface area contributed by atoms with Crippen LogP contribution in [0.4, 0.5) is 13.2 Å². The van der Waals surface area contributed by atoms with Gasteiger partial charge in [-0.1, -0.05) is 13.8 Å². The Bertz CT molecular complexity index is 615. The molecule has 1 aliphatic rings. The highest BCUT2D eigenvalue weighted by Crippen LogP contribution is 2.23. The van der Waals surface area contributed by atoms with Crippen molar-refractivity contribution in [1.82, 2.24) is 10.2 Å². The highest BCUT2D eigenvalue weighted by atomic mass is 19.4. The van der Waals surface area contributed by atoms with Crippen molar-refractivity contribution in [3.05, 3.63) is 29.8 Å². The minimum atomic E-state index is -4.76. The molecule has 1 fully saturated rings. The molecule has 0 radical (unpaired) electrons. The molecule has 0 aliphatic carbocycles. The molecular weight excluding hydrogens is 337 g/mol. The molecule has 1 unspecified atom stereocenters. The molecule has 1 aliphatic heterocycles. The third kappa shape index (κ3) is 5.65. The maximum Gasteiger partial charge on any atom is 0.573 e. The van der Waals surface area contributed by atoms with Crippen LogP contribution in [0.3, 0.4) is 0 Å². The third-order valence-corrected chi connectivity index (χ3v) is 3.91. The zero-order valence-corrected chi connectivity index (χ0v) is 14.1. The Kier molecular flexibility index (Phi) is 5.92. The Morgan fingerprint density at radius 1 is 1.24 bits per heavy atom. The first-order chi connectivity index (χ1) is 11.7. The number of hydrogen-bond donors (Lipinski definition) is 1. The van der Waals surface area contributed by atoms with Crippen molar-refractivity contribution in [1.29, 1.82) is 0 Å². The van der Waals surface area contributed by atoms with Crippen molar-refractivity contribution in [2.45, 2.75) is 39.1 Å². The monoisotopic (exact) mass is 358 g/mol. The fraction of sp³-hybridized carbons (Fsp3) is 0.529. The van der Waals surface area contributed by atoms with Gasteiger partial charge in [-0.25, -0.2) is 0 Å². The van der Waals surface area contributed by atoms with Crippen molar-refractivity contribution in [2.24, 2.45) is 5.92 Å². The summed E-state index contributed by atoms with van der Waals surface area (Å²) in [5.74, 6) is -0.841. The van der Waals surface area contributed by atoms with Crippen LogP contribution in [0.25, 0.3) is 0 Å². The number of piperidine rings is 1. The molecule has 1 heterocycles. The van der Waals surface area contributed by atoms with E-state index in [0.29, 0.717) is 13.1 Å². The molecule has 0 spiro atoms. The SMILES string of the molecule is CC(C)C(=O)NC1CCCN(C(=O)c2ccc(OC(F)(F)F)cc2)C1. The molecule has 0 aromatic heterocycles. The summed E-state index contributed by atoms with van der Waals surface area (Å²) in [5, 5.41) is 2.91. The smallest absolute Gasteiger partial charge is 0.406 e. The molecule has 2 rings (SSSR count). The molecule has 0 bridgehead atoms. The predicted molar refractivity (Wildman–Crippen MR) is 85.0 cm³/mol. The second kappa shape index (κ2) is 7.76. The molecule has 138 valence electrons. The van der Waals surface area contributed by atoms with Crippen LogP contribution in [0, 0.1) is 5.92 Å². The van der Waals surface area contributed by atoms with Gasteiger partial charge in [-0.3, -0.25) is 9.59 Å². The summed E-state index contributed by atoms with van der Waals surface area (Å²) in [5.41, 5.74) is 0.283. The van der Waals surface area contributed by atoms with E-state index in [1.54, 1.807) is 18.7 Å². The number of carbonyl (C=O) groups excluding carboxylic acids is 2. The Morgan fingerprint density at radius 3 is 2.44 bits per heavy atom. The zero-order chi connectivity index (χ0) is 18.6. The Labute approximate surface area is 144 Å². The van der Waals surface area contributed by atoms with E-state index in [1.165, 1.54) is 12.1 Å². The van der Waals surface area contributed by atoms with Crippen molar-refractivity contribution in [2.75, 3.05) is 13.1 Å².